The molecule has 0 fully saturated rings. The van der Waals surface area contributed by atoms with Gasteiger partial charge in [0.2, 0.25) is 0 Å². The van der Waals surface area contributed by atoms with Crippen molar-refractivity contribution in [3.05, 3.63) is 0 Å². The predicted octanol–water partition coefficient (Wildman–Crippen LogP) is 5.64. The molecule has 0 saturated heterocycles. The lowest BCUT2D eigenvalue weighted by atomic mass is 10.0. The van der Waals surface area contributed by atoms with Crippen LogP contribution < -0.4 is 5.73 Å². The molecule has 0 aliphatic heterocycles. The zero-order valence-electron chi connectivity index (χ0n) is 14.2. The number of hydrogen-bond acceptors (Lipinski definition) is 2. The monoisotopic (exact) mass is 377 g/mol. The van der Waals surface area contributed by atoms with Crippen LogP contribution >= 0.6 is 15.9 Å². The average Bonchev–Trinajstić information content (AvgIpc) is 2.47. The van der Waals surface area contributed by atoms with Crippen molar-refractivity contribution in [2.75, 3.05) is 6.54 Å². The largest absolute Gasteiger partial charge is 0.481 e. The maximum atomic E-state index is 10.4. The number of alkyl halides is 1. The standard InChI is InChI=1S/C18H36BrNO2/c19-17(15-16-20)13-11-9-7-5-3-1-2-4-6-8-10-12-14-18(21)22/h17H,1-16,20H2,(H,21,22). The van der Waals surface area contributed by atoms with Crippen LogP contribution in [0.1, 0.15) is 96.3 Å². The summed E-state index contributed by atoms with van der Waals surface area (Å²) in [6.45, 7) is 0.787. The van der Waals surface area contributed by atoms with E-state index in [0.717, 1.165) is 25.8 Å². The Morgan fingerprint density at radius 3 is 1.59 bits per heavy atom. The molecule has 4 heteroatoms. The Kier molecular flexibility index (Phi) is 17.2. The van der Waals surface area contributed by atoms with Crippen molar-refractivity contribution in [1.82, 2.24) is 0 Å². The van der Waals surface area contributed by atoms with Crippen LogP contribution in [-0.4, -0.2) is 22.4 Å². The highest BCUT2D eigenvalue weighted by Crippen LogP contribution is 2.16. The maximum Gasteiger partial charge on any atom is 0.303 e. The van der Waals surface area contributed by atoms with Crippen LogP contribution in [0.5, 0.6) is 0 Å². The first-order valence-corrected chi connectivity index (χ1v) is 10.1. The highest BCUT2D eigenvalue weighted by atomic mass is 79.9. The third kappa shape index (κ3) is 18.0. The smallest absolute Gasteiger partial charge is 0.303 e. The van der Waals surface area contributed by atoms with Gasteiger partial charge in [0.15, 0.2) is 0 Å². The summed E-state index contributed by atoms with van der Waals surface area (Å²) in [6.07, 6.45) is 17.9. The second kappa shape index (κ2) is 17.3. The van der Waals surface area contributed by atoms with Crippen molar-refractivity contribution in [2.24, 2.45) is 5.73 Å². The van der Waals surface area contributed by atoms with Gasteiger partial charge in [-0.05, 0) is 25.8 Å². The Hall–Kier alpha value is -0.0900. The van der Waals surface area contributed by atoms with Gasteiger partial charge in [0.1, 0.15) is 0 Å². The molecule has 22 heavy (non-hydrogen) atoms. The van der Waals surface area contributed by atoms with Crippen LogP contribution in [0, 0.1) is 0 Å². The molecule has 3 nitrogen and oxygen atoms in total. The molecule has 0 rings (SSSR count). The number of nitrogens with two attached hydrogens (primary N) is 1. The Balaban J connectivity index is 3.04. The summed E-state index contributed by atoms with van der Waals surface area (Å²) in [6, 6.07) is 0. The number of unbranched alkanes of at least 4 members (excludes halogenated alkanes) is 11. The van der Waals surface area contributed by atoms with Gasteiger partial charge in [0.25, 0.3) is 0 Å². The van der Waals surface area contributed by atoms with Gasteiger partial charge in [-0.2, -0.15) is 0 Å². The van der Waals surface area contributed by atoms with Gasteiger partial charge in [-0.25, -0.2) is 0 Å². The predicted molar refractivity (Wildman–Crippen MR) is 98.7 cm³/mol. The van der Waals surface area contributed by atoms with Gasteiger partial charge in [-0.15, -0.1) is 0 Å². The maximum absolute atomic E-state index is 10.4. The van der Waals surface area contributed by atoms with Gasteiger partial charge in [-0.3, -0.25) is 4.79 Å². The normalized spacial score (nSPS) is 12.5. The first kappa shape index (κ1) is 21.9. The molecule has 1 unspecified atom stereocenters. The van der Waals surface area contributed by atoms with Crippen LogP contribution in [0.25, 0.3) is 0 Å². The minimum absolute atomic E-state index is 0.335. The van der Waals surface area contributed by atoms with Crippen LogP contribution in [-0.2, 0) is 4.79 Å². The fraction of sp³-hybridized carbons (Fsp3) is 0.944. The number of carbonyl (C=O) groups is 1. The SMILES string of the molecule is NCCC(Br)CCCCCCCCCCCCCCC(=O)O. The van der Waals surface area contributed by atoms with E-state index >= 15 is 0 Å². The van der Waals surface area contributed by atoms with Crippen molar-refractivity contribution in [3.8, 4) is 0 Å². The lowest BCUT2D eigenvalue weighted by molar-refractivity contribution is -0.137. The van der Waals surface area contributed by atoms with E-state index in [4.69, 9.17) is 10.8 Å². The molecule has 0 aliphatic carbocycles. The minimum atomic E-state index is -0.661. The zero-order chi connectivity index (χ0) is 16.5. The number of carboxylic acids is 1. The summed E-state index contributed by atoms with van der Waals surface area (Å²) in [4.78, 5) is 11.0. The van der Waals surface area contributed by atoms with Crippen LogP contribution in [0.2, 0.25) is 0 Å². The van der Waals surface area contributed by atoms with Crippen LogP contribution in [0.3, 0.4) is 0 Å². The number of rotatable bonds is 17. The van der Waals surface area contributed by atoms with E-state index in [9.17, 15) is 4.79 Å². The van der Waals surface area contributed by atoms with E-state index in [1.165, 1.54) is 70.6 Å². The van der Waals surface area contributed by atoms with Gasteiger partial charge in [0, 0.05) is 11.2 Å². The zero-order valence-corrected chi connectivity index (χ0v) is 15.8. The molecule has 0 bridgehead atoms. The molecular formula is C18H36BrNO2. The molecule has 0 radical (unpaired) electrons. The molecule has 0 aromatic carbocycles. The molecule has 0 spiro atoms. The van der Waals surface area contributed by atoms with Crippen molar-refractivity contribution >= 4 is 21.9 Å². The molecule has 0 aromatic heterocycles. The lowest BCUT2D eigenvalue weighted by Crippen LogP contribution is -2.07. The summed E-state index contributed by atoms with van der Waals surface area (Å²) in [7, 11) is 0. The van der Waals surface area contributed by atoms with Gasteiger partial charge in [0.05, 0.1) is 0 Å². The van der Waals surface area contributed by atoms with Gasteiger partial charge in [-0.1, -0.05) is 86.6 Å². The average molecular weight is 378 g/mol. The number of aliphatic carboxylic acids is 1. The molecule has 1 atom stereocenters. The molecule has 0 aliphatic rings. The Morgan fingerprint density at radius 1 is 0.773 bits per heavy atom. The second-order valence-electron chi connectivity index (χ2n) is 6.35. The first-order chi connectivity index (χ1) is 10.7. The Morgan fingerprint density at radius 2 is 1.18 bits per heavy atom. The lowest BCUT2D eigenvalue weighted by Gasteiger charge is -2.07. The van der Waals surface area contributed by atoms with Crippen molar-refractivity contribution < 1.29 is 9.90 Å². The highest BCUT2D eigenvalue weighted by Gasteiger charge is 2.01. The van der Waals surface area contributed by atoms with Crippen molar-refractivity contribution in [3.63, 3.8) is 0 Å². The second-order valence-corrected chi connectivity index (χ2v) is 7.64. The summed E-state index contributed by atoms with van der Waals surface area (Å²) in [5.41, 5.74) is 5.53. The minimum Gasteiger partial charge on any atom is -0.481 e. The summed E-state index contributed by atoms with van der Waals surface area (Å²) < 4.78 is 0. The molecule has 3 N–H and O–H groups in total. The topological polar surface area (TPSA) is 63.3 Å². The van der Waals surface area contributed by atoms with E-state index in [1.807, 2.05) is 0 Å². The molecule has 0 saturated carbocycles. The summed E-state index contributed by atoms with van der Waals surface area (Å²) in [5.74, 6) is -0.661. The molecule has 0 aromatic rings. The van der Waals surface area contributed by atoms with Gasteiger partial charge >= 0.3 is 5.97 Å². The van der Waals surface area contributed by atoms with Crippen LogP contribution in [0.4, 0.5) is 0 Å². The fourth-order valence-electron chi connectivity index (χ4n) is 2.74. The molecular weight excluding hydrogens is 342 g/mol. The molecule has 0 amide bonds. The van der Waals surface area contributed by atoms with E-state index in [1.54, 1.807) is 0 Å². The Bertz CT molecular complexity index is 249. The summed E-state index contributed by atoms with van der Waals surface area (Å²) >= 11 is 3.67. The highest BCUT2D eigenvalue weighted by molar-refractivity contribution is 9.09. The first-order valence-electron chi connectivity index (χ1n) is 9.22. The fourth-order valence-corrected chi connectivity index (χ4v) is 3.32. The number of carboxylic acid groups (broad SMARTS) is 1. The summed E-state index contributed by atoms with van der Waals surface area (Å²) in [5, 5.41) is 8.53. The van der Waals surface area contributed by atoms with Crippen molar-refractivity contribution in [1.29, 1.82) is 0 Å². The Labute approximate surface area is 145 Å². The van der Waals surface area contributed by atoms with Gasteiger partial charge < -0.3 is 10.8 Å². The van der Waals surface area contributed by atoms with E-state index in [0.29, 0.717) is 11.2 Å². The molecule has 0 heterocycles. The van der Waals surface area contributed by atoms with E-state index in [2.05, 4.69) is 15.9 Å². The van der Waals surface area contributed by atoms with E-state index in [-0.39, 0.29) is 0 Å². The molecule has 132 valence electrons. The third-order valence-electron chi connectivity index (χ3n) is 4.14. The number of hydrogen-bond donors (Lipinski definition) is 2. The quantitative estimate of drug-likeness (QED) is 0.254. The van der Waals surface area contributed by atoms with Crippen LogP contribution in [0.15, 0.2) is 0 Å². The third-order valence-corrected chi connectivity index (χ3v) is 5.05. The van der Waals surface area contributed by atoms with E-state index < -0.39 is 5.97 Å². The number of halogens is 1. The van der Waals surface area contributed by atoms with Crippen molar-refractivity contribution in [2.45, 2.75) is 101 Å².